The third kappa shape index (κ3) is 2.78. The van der Waals surface area contributed by atoms with E-state index in [2.05, 4.69) is 6.92 Å². The van der Waals surface area contributed by atoms with Crippen molar-refractivity contribution in [3.8, 4) is 5.75 Å². The second kappa shape index (κ2) is 4.78. The van der Waals surface area contributed by atoms with Gasteiger partial charge in [0.1, 0.15) is 5.75 Å². The van der Waals surface area contributed by atoms with Gasteiger partial charge in [0.2, 0.25) is 0 Å². The summed E-state index contributed by atoms with van der Waals surface area (Å²) in [5, 5.41) is 19.1. The molecule has 0 aliphatic rings. The second-order valence-corrected chi connectivity index (χ2v) is 5.12. The van der Waals surface area contributed by atoms with Crippen LogP contribution in [0.2, 0.25) is 0 Å². The van der Waals surface area contributed by atoms with Crippen LogP contribution in [0, 0.1) is 6.92 Å². The largest absolute Gasteiger partial charge is 0.508 e. The van der Waals surface area contributed by atoms with E-state index in [4.69, 9.17) is 5.11 Å². The van der Waals surface area contributed by atoms with Crippen molar-refractivity contribution in [3.05, 3.63) is 28.8 Å². The smallest absolute Gasteiger partial charge is 0.335 e. The van der Waals surface area contributed by atoms with Crippen molar-refractivity contribution in [2.24, 2.45) is 0 Å². The van der Waals surface area contributed by atoms with Crippen molar-refractivity contribution in [3.63, 3.8) is 0 Å². The number of rotatable bonds is 4. The van der Waals surface area contributed by atoms with Gasteiger partial charge in [-0.2, -0.15) is 0 Å². The number of benzene rings is 1. The number of phenolic OH excluding ortho intramolecular Hbond substituents is 1. The van der Waals surface area contributed by atoms with E-state index in [1.165, 1.54) is 6.07 Å². The highest BCUT2D eigenvalue weighted by Crippen LogP contribution is 2.36. The zero-order valence-corrected chi connectivity index (χ0v) is 10.9. The Morgan fingerprint density at radius 2 is 1.94 bits per heavy atom. The molecular formula is C14H20O3. The average molecular weight is 236 g/mol. The van der Waals surface area contributed by atoms with Gasteiger partial charge in [-0.3, -0.25) is 0 Å². The lowest BCUT2D eigenvalue weighted by Gasteiger charge is -2.26. The zero-order valence-electron chi connectivity index (χ0n) is 10.9. The van der Waals surface area contributed by atoms with Gasteiger partial charge in [-0.15, -0.1) is 0 Å². The highest BCUT2D eigenvalue weighted by molar-refractivity contribution is 5.90. The Kier molecular flexibility index (Phi) is 3.81. The summed E-state index contributed by atoms with van der Waals surface area (Å²) >= 11 is 0. The number of aryl methyl sites for hydroxylation is 1. The molecular weight excluding hydrogens is 216 g/mol. The van der Waals surface area contributed by atoms with E-state index in [1.807, 2.05) is 13.8 Å². The van der Waals surface area contributed by atoms with Gasteiger partial charge < -0.3 is 10.2 Å². The number of hydrogen-bond donors (Lipinski definition) is 2. The molecule has 2 N–H and O–H groups in total. The molecule has 0 aliphatic carbocycles. The maximum absolute atomic E-state index is 11.1. The molecule has 0 aromatic heterocycles. The van der Waals surface area contributed by atoms with E-state index in [9.17, 15) is 9.90 Å². The third-order valence-electron chi connectivity index (χ3n) is 3.18. The molecule has 0 fully saturated rings. The summed E-state index contributed by atoms with van der Waals surface area (Å²) in [7, 11) is 0. The molecule has 0 radical (unpaired) electrons. The van der Waals surface area contributed by atoms with Crippen LogP contribution in [0.4, 0.5) is 0 Å². The van der Waals surface area contributed by atoms with Crippen LogP contribution in [-0.2, 0) is 5.41 Å². The topological polar surface area (TPSA) is 57.5 Å². The van der Waals surface area contributed by atoms with Crippen molar-refractivity contribution in [1.82, 2.24) is 0 Å². The molecule has 3 heteroatoms. The molecule has 94 valence electrons. The zero-order chi connectivity index (χ0) is 13.2. The second-order valence-electron chi connectivity index (χ2n) is 5.12. The van der Waals surface area contributed by atoms with E-state index in [0.29, 0.717) is 11.1 Å². The lowest BCUT2D eigenvalue weighted by Crippen LogP contribution is -2.18. The number of aromatic carboxylic acids is 1. The summed E-state index contributed by atoms with van der Waals surface area (Å²) in [5.41, 5.74) is 1.35. The number of carbonyl (C=O) groups is 1. The van der Waals surface area contributed by atoms with Crippen LogP contribution in [0.3, 0.4) is 0 Å². The molecule has 0 spiro atoms. The van der Waals surface area contributed by atoms with E-state index in [-0.39, 0.29) is 16.7 Å². The van der Waals surface area contributed by atoms with Crippen LogP contribution < -0.4 is 0 Å². The van der Waals surface area contributed by atoms with Crippen molar-refractivity contribution >= 4 is 5.97 Å². The molecule has 1 rings (SSSR count). The molecule has 0 aliphatic heterocycles. The number of carboxylic acids is 1. The SMILES string of the molecule is CCCC(C)(C)c1cc(C(=O)O)c(C)cc1O. The third-order valence-corrected chi connectivity index (χ3v) is 3.18. The Morgan fingerprint density at radius 3 is 2.41 bits per heavy atom. The molecule has 0 bridgehead atoms. The van der Waals surface area contributed by atoms with Gasteiger partial charge in [0.25, 0.3) is 0 Å². The minimum Gasteiger partial charge on any atom is -0.508 e. The van der Waals surface area contributed by atoms with E-state index < -0.39 is 5.97 Å². The maximum atomic E-state index is 11.1. The number of carboxylic acid groups (broad SMARTS) is 1. The van der Waals surface area contributed by atoms with E-state index >= 15 is 0 Å². The van der Waals surface area contributed by atoms with E-state index in [0.717, 1.165) is 12.8 Å². The standard InChI is InChI=1S/C14H20O3/c1-5-6-14(3,4)11-8-10(13(16)17)9(2)7-12(11)15/h7-8,15H,5-6H2,1-4H3,(H,16,17). The first-order valence-corrected chi connectivity index (χ1v) is 5.87. The Morgan fingerprint density at radius 1 is 1.35 bits per heavy atom. The molecule has 1 aromatic carbocycles. The lowest BCUT2D eigenvalue weighted by molar-refractivity contribution is 0.0696. The highest BCUT2D eigenvalue weighted by Gasteiger charge is 2.25. The summed E-state index contributed by atoms with van der Waals surface area (Å²) in [4.78, 5) is 11.1. The summed E-state index contributed by atoms with van der Waals surface area (Å²) in [6, 6.07) is 3.14. The van der Waals surface area contributed by atoms with E-state index in [1.54, 1.807) is 13.0 Å². The molecule has 0 heterocycles. The van der Waals surface area contributed by atoms with Crippen LogP contribution in [0.5, 0.6) is 5.75 Å². The normalized spacial score (nSPS) is 11.5. The molecule has 0 saturated carbocycles. The Bertz CT molecular complexity index is 433. The maximum Gasteiger partial charge on any atom is 0.335 e. The van der Waals surface area contributed by atoms with Crippen LogP contribution in [0.1, 0.15) is 55.1 Å². The van der Waals surface area contributed by atoms with Crippen molar-refractivity contribution in [2.45, 2.75) is 46.0 Å². The van der Waals surface area contributed by atoms with Gasteiger partial charge in [0, 0.05) is 5.56 Å². The molecule has 0 unspecified atom stereocenters. The van der Waals surface area contributed by atoms with Gasteiger partial charge in [-0.05, 0) is 36.5 Å². The fourth-order valence-corrected chi connectivity index (χ4v) is 2.22. The van der Waals surface area contributed by atoms with Crippen molar-refractivity contribution in [1.29, 1.82) is 0 Å². The fourth-order valence-electron chi connectivity index (χ4n) is 2.22. The first kappa shape index (κ1) is 13.6. The highest BCUT2D eigenvalue weighted by atomic mass is 16.4. The number of phenols is 1. The van der Waals surface area contributed by atoms with Crippen LogP contribution in [-0.4, -0.2) is 16.2 Å². The molecule has 0 amide bonds. The number of hydrogen-bond acceptors (Lipinski definition) is 2. The molecule has 17 heavy (non-hydrogen) atoms. The number of aromatic hydroxyl groups is 1. The minimum absolute atomic E-state index is 0.186. The lowest BCUT2D eigenvalue weighted by atomic mass is 9.79. The first-order chi connectivity index (χ1) is 7.79. The van der Waals surface area contributed by atoms with Gasteiger partial charge >= 0.3 is 5.97 Å². The Hall–Kier alpha value is -1.51. The minimum atomic E-state index is -0.948. The Labute approximate surface area is 102 Å². The average Bonchev–Trinajstić information content (AvgIpc) is 2.15. The Balaban J connectivity index is 3.34. The summed E-state index contributed by atoms with van der Waals surface area (Å²) in [6.45, 7) is 7.81. The first-order valence-electron chi connectivity index (χ1n) is 5.87. The molecule has 3 nitrogen and oxygen atoms in total. The van der Waals surface area contributed by atoms with Crippen molar-refractivity contribution in [2.75, 3.05) is 0 Å². The predicted octanol–water partition coefficient (Wildman–Crippen LogP) is 3.48. The van der Waals surface area contributed by atoms with Gasteiger partial charge in [0.05, 0.1) is 5.56 Å². The van der Waals surface area contributed by atoms with Crippen LogP contribution in [0.15, 0.2) is 12.1 Å². The monoisotopic (exact) mass is 236 g/mol. The summed E-state index contributed by atoms with van der Waals surface area (Å²) < 4.78 is 0. The van der Waals surface area contributed by atoms with Crippen molar-refractivity contribution < 1.29 is 15.0 Å². The van der Waals surface area contributed by atoms with Gasteiger partial charge in [-0.1, -0.05) is 27.2 Å². The van der Waals surface area contributed by atoms with Crippen LogP contribution in [0.25, 0.3) is 0 Å². The predicted molar refractivity (Wildman–Crippen MR) is 67.7 cm³/mol. The molecule has 1 aromatic rings. The van der Waals surface area contributed by atoms with Gasteiger partial charge in [0.15, 0.2) is 0 Å². The van der Waals surface area contributed by atoms with Gasteiger partial charge in [-0.25, -0.2) is 4.79 Å². The van der Waals surface area contributed by atoms with Crippen LogP contribution >= 0.6 is 0 Å². The molecule has 0 atom stereocenters. The summed E-state index contributed by atoms with van der Waals surface area (Å²) in [5.74, 6) is -0.762. The fraction of sp³-hybridized carbons (Fsp3) is 0.500. The summed E-state index contributed by atoms with van der Waals surface area (Å²) in [6.07, 6.45) is 1.89. The quantitative estimate of drug-likeness (QED) is 0.841. The molecule has 0 saturated heterocycles.